The molecule has 0 aliphatic carbocycles. The zero-order valence-electron chi connectivity index (χ0n) is 18.3. The lowest BCUT2D eigenvalue weighted by Crippen LogP contribution is -2.48. The third kappa shape index (κ3) is 4.76. The molecular formula is C25H22N4O3S2. The molecule has 1 aliphatic heterocycles. The van der Waals surface area contributed by atoms with Crippen LogP contribution >= 0.6 is 23.1 Å². The maximum atomic E-state index is 13.0. The molecule has 0 atom stereocenters. The van der Waals surface area contributed by atoms with Crippen molar-refractivity contribution in [3.63, 3.8) is 0 Å². The first-order valence-corrected chi connectivity index (χ1v) is 12.7. The fourth-order valence-electron chi connectivity index (χ4n) is 4.02. The molecule has 34 heavy (non-hydrogen) atoms. The van der Waals surface area contributed by atoms with Crippen LogP contribution in [0.1, 0.15) is 15.9 Å². The Balaban J connectivity index is 1.17. The first-order chi connectivity index (χ1) is 16.6. The maximum Gasteiger partial charge on any atom is 0.292 e. The van der Waals surface area contributed by atoms with Crippen molar-refractivity contribution in [1.82, 2.24) is 9.88 Å². The Morgan fingerprint density at radius 3 is 2.41 bits per heavy atom. The van der Waals surface area contributed by atoms with Crippen molar-refractivity contribution in [2.75, 3.05) is 31.1 Å². The molecule has 1 aliphatic rings. The van der Waals surface area contributed by atoms with Gasteiger partial charge in [-0.15, -0.1) is 11.3 Å². The van der Waals surface area contributed by atoms with E-state index in [0.29, 0.717) is 37.4 Å². The minimum absolute atomic E-state index is 0.00686. The second kappa shape index (κ2) is 9.82. The Morgan fingerprint density at radius 2 is 1.68 bits per heavy atom. The van der Waals surface area contributed by atoms with Gasteiger partial charge in [-0.25, -0.2) is 4.98 Å². The number of hydrogen-bond acceptors (Lipinski definition) is 7. The summed E-state index contributed by atoms with van der Waals surface area (Å²) in [6.07, 6.45) is 0. The number of nitro benzene ring substituents is 1. The number of para-hydroxylation sites is 3. The second-order valence-corrected chi connectivity index (χ2v) is 10.2. The Labute approximate surface area is 205 Å². The summed E-state index contributed by atoms with van der Waals surface area (Å²) in [4.78, 5) is 32.4. The molecule has 0 spiro atoms. The molecule has 0 bridgehead atoms. The molecule has 1 saturated heterocycles. The summed E-state index contributed by atoms with van der Waals surface area (Å²) in [5.74, 6) is 0.788. The van der Waals surface area contributed by atoms with E-state index in [0.717, 1.165) is 21.2 Å². The minimum Gasteiger partial charge on any atom is -0.362 e. The van der Waals surface area contributed by atoms with Gasteiger partial charge in [-0.1, -0.05) is 48.2 Å². The second-order valence-electron chi connectivity index (χ2n) is 7.96. The summed E-state index contributed by atoms with van der Waals surface area (Å²) >= 11 is 3.40. The summed E-state index contributed by atoms with van der Waals surface area (Å²) < 4.78 is 2.23. The van der Waals surface area contributed by atoms with Crippen molar-refractivity contribution < 1.29 is 9.72 Å². The molecule has 9 heteroatoms. The van der Waals surface area contributed by atoms with Crippen LogP contribution in [0.2, 0.25) is 0 Å². The largest absolute Gasteiger partial charge is 0.362 e. The molecule has 4 aromatic rings. The molecule has 1 amide bonds. The monoisotopic (exact) mass is 490 g/mol. The number of anilines is 1. The fraction of sp³-hybridized carbons (Fsp3) is 0.200. The highest BCUT2D eigenvalue weighted by molar-refractivity contribution is 8.00. The Kier molecular flexibility index (Phi) is 6.46. The number of carbonyl (C=O) groups excluding carboxylic acids is 1. The first kappa shape index (κ1) is 22.4. The number of hydrogen-bond donors (Lipinski definition) is 0. The number of thioether (sulfide) groups is 1. The van der Waals surface area contributed by atoms with Crippen molar-refractivity contribution >= 4 is 50.6 Å². The predicted molar refractivity (Wildman–Crippen MR) is 137 cm³/mol. The smallest absolute Gasteiger partial charge is 0.292 e. The van der Waals surface area contributed by atoms with E-state index in [-0.39, 0.29) is 16.5 Å². The highest BCUT2D eigenvalue weighted by atomic mass is 32.2. The zero-order chi connectivity index (χ0) is 23.5. The number of nitro groups is 1. The van der Waals surface area contributed by atoms with Crippen molar-refractivity contribution in [1.29, 1.82) is 0 Å². The Morgan fingerprint density at radius 1 is 0.971 bits per heavy atom. The molecule has 0 N–H and O–H groups in total. The summed E-state index contributed by atoms with van der Waals surface area (Å²) in [5.41, 5.74) is 3.53. The van der Waals surface area contributed by atoms with Gasteiger partial charge in [0.05, 0.1) is 15.1 Å². The van der Waals surface area contributed by atoms with Crippen LogP contribution in [0.15, 0.2) is 77.1 Å². The average molecular weight is 491 g/mol. The molecule has 0 saturated carbocycles. The number of fused-ring (bicyclic) bond motifs is 1. The molecule has 7 nitrogen and oxygen atoms in total. The number of piperazine rings is 1. The van der Waals surface area contributed by atoms with E-state index in [1.54, 1.807) is 41.3 Å². The van der Waals surface area contributed by atoms with E-state index in [1.165, 1.54) is 10.8 Å². The molecule has 172 valence electrons. The van der Waals surface area contributed by atoms with Crippen LogP contribution in [0.3, 0.4) is 0 Å². The lowest BCUT2D eigenvalue weighted by molar-refractivity contribution is -0.384. The average Bonchev–Trinajstić information content (AvgIpc) is 3.30. The molecular weight excluding hydrogens is 468 g/mol. The molecule has 0 unspecified atom stereocenters. The van der Waals surface area contributed by atoms with E-state index >= 15 is 0 Å². The van der Waals surface area contributed by atoms with E-state index in [4.69, 9.17) is 0 Å². The number of amides is 1. The van der Waals surface area contributed by atoms with Crippen LogP contribution in [-0.4, -0.2) is 46.9 Å². The van der Waals surface area contributed by atoms with Crippen LogP contribution in [0.4, 0.5) is 11.4 Å². The zero-order valence-corrected chi connectivity index (χ0v) is 19.9. The number of nitrogens with zero attached hydrogens (tertiary/aromatic N) is 4. The number of thiazole rings is 1. The van der Waals surface area contributed by atoms with Crippen LogP contribution in [-0.2, 0) is 5.75 Å². The molecule has 2 heterocycles. The summed E-state index contributed by atoms with van der Waals surface area (Å²) in [5, 5.41) is 11.3. The highest BCUT2D eigenvalue weighted by Crippen LogP contribution is 2.32. The van der Waals surface area contributed by atoms with Gasteiger partial charge in [0.2, 0.25) is 0 Å². The number of carbonyl (C=O) groups is 1. The summed E-state index contributed by atoms with van der Waals surface area (Å²) in [7, 11) is 0. The van der Waals surface area contributed by atoms with Crippen LogP contribution in [0.5, 0.6) is 0 Å². The lowest BCUT2D eigenvalue weighted by atomic mass is 10.1. The SMILES string of the molecule is O=C(c1ccc(CSc2nc3ccccc3s2)cc1)N1CCN(c2ccccc2[N+](=O)[O-])CC1. The van der Waals surface area contributed by atoms with Crippen LogP contribution < -0.4 is 4.90 Å². The van der Waals surface area contributed by atoms with E-state index in [2.05, 4.69) is 11.1 Å². The lowest BCUT2D eigenvalue weighted by Gasteiger charge is -2.35. The van der Waals surface area contributed by atoms with E-state index in [1.807, 2.05) is 52.3 Å². The molecule has 3 aromatic carbocycles. The highest BCUT2D eigenvalue weighted by Gasteiger charge is 2.26. The van der Waals surface area contributed by atoms with Crippen LogP contribution in [0.25, 0.3) is 10.2 Å². The summed E-state index contributed by atoms with van der Waals surface area (Å²) in [6.45, 7) is 2.18. The van der Waals surface area contributed by atoms with Gasteiger partial charge >= 0.3 is 0 Å². The van der Waals surface area contributed by atoms with Gasteiger partial charge in [-0.05, 0) is 35.9 Å². The third-order valence-corrected chi connectivity index (χ3v) is 8.07. The molecule has 5 rings (SSSR count). The number of benzene rings is 3. The van der Waals surface area contributed by atoms with Gasteiger partial charge < -0.3 is 9.80 Å². The van der Waals surface area contributed by atoms with Crippen LogP contribution in [0, 0.1) is 10.1 Å². The first-order valence-electron chi connectivity index (χ1n) is 10.9. The van der Waals surface area contributed by atoms with Gasteiger partial charge in [0.15, 0.2) is 4.34 Å². The normalized spacial score (nSPS) is 13.9. The number of aromatic nitrogens is 1. The molecule has 0 radical (unpaired) electrons. The standard InChI is InChI=1S/C25H22N4O3S2/c30-24(28-15-13-27(14-16-28)21-6-2-3-7-22(21)29(31)32)19-11-9-18(10-12-19)17-33-25-26-20-5-1-4-8-23(20)34-25/h1-12H,13-17H2. The van der Waals surface area contributed by atoms with Gasteiger partial charge in [0.25, 0.3) is 11.6 Å². The van der Waals surface area contributed by atoms with Gasteiger partial charge in [-0.3, -0.25) is 14.9 Å². The number of rotatable bonds is 6. The van der Waals surface area contributed by atoms with E-state index < -0.39 is 0 Å². The molecule has 1 fully saturated rings. The Hall–Kier alpha value is -3.43. The molecule has 1 aromatic heterocycles. The fourth-order valence-corrected chi connectivity index (χ4v) is 6.04. The van der Waals surface area contributed by atoms with Crippen molar-refractivity contribution in [2.45, 2.75) is 10.1 Å². The van der Waals surface area contributed by atoms with Gasteiger partial charge in [0, 0.05) is 43.6 Å². The van der Waals surface area contributed by atoms with Crippen molar-refractivity contribution in [3.8, 4) is 0 Å². The quantitative estimate of drug-likeness (QED) is 0.203. The van der Waals surface area contributed by atoms with Crippen molar-refractivity contribution in [3.05, 3.63) is 94.0 Å². The minimum atomic E-state index is -0.358. The van der Waals surface area contributed by atoms with Gasteiger partial charge in [0.1, 0.15) is 5.69 Å². The van der Waals surface area contributed by atoms with Gasteiger partial charge in [-0.2, -0.15) is 0 Å². The predicted octanol–water partition coefficient (Wildman–Crippen LogP) is 5.46. The third-order valence-electron chi connectivity index (χ3n) is 5.82. The maximum absolute atomic E-state index is 13.0. The topological polar surface area (TPSA) is 79.6 Å². The van der Waals surface area contributed by atoms with E-state index in [9.17, 15) is 14.9 Å². The Bertz CT molecular complexity index is 1300. The van der Waals surface area contributed by atoms with Crippen molar-refractivity contribution in [2.24, 2.45) is 0 Å². The summed E-state index contributed by atoms with van der Waals surface area (Å²) in [6, 6.07) is 22.6.